The molecule has 1 saturated heterocycles. The first-order chi connectivity index (χ1) is 4.77. The van der Waals surface area contributed by atoms with Gasteiger partial charge in [0.1, 0.15) is 0 Å². The van der Waals surface area contributed by atoms with E-state index >= 15 is 0 Å². The van der Waals surface area contributed by atoms with Gasteiger partial charge in [-0.15, -0.1) is 0 Å². The van der Waals surface area contributed by atoms with Gasteiger partial charge >= 0.3 is 0 Å². The van der Waals surface area contributed by atoms with Crippen LogP contribution in [-0.2, 0) is 0 Å². The largest absolute Gasteiger partial charge is 0.396 e. The quantitative estimate of drug-likeness (QED) is 0.620. The van der Waals surface area contributed by atoms with Gasteiger partial charge in [-0.1, -0.05) is 6.92 Å². The van der Waals surface area contributed by atoms with Crippen LogP contribution in [0.25, 0.3) is 0 Å². The van der Waals surface area contributed by atoms with E-state index in [0.717, 1.165) is 6.42 Å². The summed E-state index contributed by atoms with van der Waals surface area (Å²) in [6.07, 6.45) is 0.971. The van der Waals surface area contributed by atoms with Gasteiger partial charge in [-0.25, -0.2) is 0 Å². The summed E-state index contributed by atoms with van der Waals surface area (Å²) in [6.45, 7) is 2.64. The number of thioether (sulfide) groups is 1. The van der Waals surface area contributed by atoms with Gasteiger partial charge in [0, 0.05) is 17.1 Å². The lowest BCUT2D eigenvalue weighted by molar-refractivity contribution is 0.214. The molecule has 0 aliphatic carbocycles. The van der Waals surface area contributed by atoms with Gasteiger partial charge in [0.15, 0.2) is 0 Å². The highest BCUT2D eigenvalue weighted by Gasteiger charge is 2.30. The first kappa shape index (κ1) is 8.37. The molecule has 1 aliphatic heterocycles. The Morgan fingerprint density at radius 3 is 2.40 bits per heavy atom. The minimum atomic E-state index is 0.255. The van der Waals surface area contributed by atoms with Gasteiger partial charge < -0.3 is 10.2 Å². The lowest BCUT2D eigenvalue weighted by Gasteiger charge is -2.08. The molecule has 0 aromatic heterocycles. The van der Waals surface area contributed by atoms with Gasteiger partial charge in [-0.2, -0.15) is 11.8 Å². The highest BCUT2D eigenvalue weighted by atomic mass is 32.2. The zero-order valence-electron chi connectivity index (χ0n) is 6.16. The average Bonchev–Trinajstić information content (AvgIpc) is 2.30. The van der Waals surface area contributed by atoms with Gasteiger partial charge in [0.05, 0.1) is 6.61 Å². The molecule has 10 heavy (non-hydrogen) atoms. The molecule has 1 fully saturated rings. The van der Waals surface area contributed by atoms with E-state index in [1.807, 2.05) is 0 Å². The first-order valence-electron chi connectivity index (χ1n) is 3.65. The zero-order valence-corrected chi connectivity index (χ0v) is 6.97. The second-order valence-electron chi connectivity index (χ2n) is 2.82. The summed E-state index contributed by atoms with van der Waals surface area (Å²) in [5, 5.41) is 18.5. The Kier molecular flexibility index (Phi) is 3.01. The van der Waals surface area contributed by atoms with Crippen molar-refractivity contribution in [2.24, 2.45) is 5.92 Å². The van der Waals surface area contributed by atoms with E-state index in [1.165, 1.54) is 0 Å². The average molecular weight is 162 g/mol. The molecule has 3 heteroatoms. The molecule has 60 valence electrons. The normalized spacial score (nSPS) is 40.5. The fourth-order valence-electron chi connectivity index (χ4n) is 1.34. The predicted octanol–water partition coefficient (Wildman–Crippen LogP) is 0.481. The van der Waals surface area contributed by atoms with Crippen LogP contribution in [0.3, 0.4) is 0 Å². The third kappa shape index (κ3) is 1.65. The monoisotopic (exact) mass is 162 g/mol. The van der Waals surface area contributed by atoms with E-state index in [2.05, 4.69) is 6.92 Å². The maximum absolute atomic E-state index is 8.85. The molecule has 0 amide bonds. The molecule has 2 N–H and O–H groups in total. The molecule has 0 unspecified atom stereocenters. The summed E-state index contributed by atoms with van der Waals surface area (Å²) >= 11 is 1.79. The molecule has 3 atom stereocenters. The number of aliphatic hydroxyl groups is 2. The summed E-state index contributed by atoms with van der Waals surface area (Å²) in [5.74, 6) is 0.405. The number of hydrogen-bond acceptors (Lipinski definition) is 3. The summed E-state index contributed by atoms with van der Waals surface area (Å²) in [4.78, 5) is 0. The van der Waals surface area contributed by atoms with Crippen molar-refractivity contribution in [3.8, 4) is 0 Å². The molecule has 0 aromatic carbocycles. The van der Waals surface area contributed by atoms with Gasteiger partial charge in [-0.3, -0.25) is 0 Å². The first-order valence-corrected chi connectivity index (χ1v) is 4.59. The third-order valence-corrected chi connectivity index (χ3v) is 3.62. The van der Waals surface area contributed by atoms with E-state index < -0.39 is 0 Å². The van der Waals surface area contributed by atoms with Gasteiger partial charge in [-0.05, 0) is 12.3 Å². The highest BCUT2D eigenvalue weighted by Crippen LogP contribution is 2.37. The topological polar surface area (TPSA) is 40.5 Å². The van der Waals surface area contributed by atoms with Crippen LogP contribution in [0.2, 0.25) is 0 Å². The van der Waals surface area contributed by atoms with Crippen molar-refractivity contribution in [2.45, 2.75) is 23.8 Å². The minimum Gasteiger partial charge on any atom is -0.396 e. The standard InChI is InChI=1S/C7H14O2S/c1-5-6(3-8)2-7(4-9)10-5/h5-9H,2-4H2,1H3/t5-,6+,7-/m0/s1. The van der Waals surface area contributed by atoms with Crippen molar-refractivity contribution >= 4 is 11.8 Å². The van der Waals surface area contributed by atoms with Crippen LogP contribution in [-0.4, -0.2) is 33.9 Å². The molecular formula is C7H14O2S. The zero-order chi connectivity index (χ0) is 7.56. The van der Waals surface area contributed by atoms with Gasteiger partial charge in [0.25, 0.3) is 0 Å². The molecular weight excluding hydrogens is 148 g/mol. The van der Waals surface area contributed by atoms with Crippen molar-refractivity contribution in [1.82, 2.24) is 0 Å². The maximum atomic E-state index is 8.85. The molecule has 0 spiro atoms. The van der Waals surface area contributed by atoms with Crippen molar-refractivity contribution in [3.05, 3.63) is 0 Å². The maximum Gasteiger partial charge on any atom is 0.0550 e. The Morgan fingerprint density at radius 2 is 2.10 bits per heavy atom. The van der Waals surface area contributed by atoms with Crippen LogP contribution in [0.5, 0.6) is 0 Å². The second kappa shape index (κ2) is 3.60. The second-order valence-corrected chi connectivity index (χ2v) is 4.51. The summed E-state index contributed by atoms with van der Waals surface area (Å²) in [7, 11) is 0. The van der Waals surface area contributed by atoms with Gasteiger partial charge in [0.2, 0.25) is 0 Å². The van der Waals surface area contributed by atoms with Crippen LogP contribution in [0.4, 0.5) is 0 Å². The van der Waals surface area contributed by atoms with E-state index in [-0.39, 0.29) is 13.2 Å². The Labute approximate surface area is 65.6 Å². The van der Waals surface area contributed by atoms with E-state index in [4.69, 9.17) is 10.2 Å². The Balaban J connectivity index is 2.36. The van der Waals surface area contributed by atoms with Crippen molar-refractivity contribution in [1.29, 1.82) is 0 Å². The summed E-state index contributed by atoms with van der Waals surface area (Å²) in [5.41, 5.74) is 0. The number of hydrogen-bond donors (Lipinski definition) is 2. The Morgan fingerprint density at radius 1 is 1.40 bits per heavy atom. The summed E-state index contributed by atoms with van der Waals surface area (Å²) in [6, 6.07) is 0. The highest BCUT2D eigenvalue weighted by molar-refractivity contribution is 8.00. The molecule has 1 heterocycles. The molecule has 2 nitrogen and oxygen atoms in total. The molecule has 0 saturated carbocycles. The predicted molar refractivity (Wildman–Crippen MR) is 43.1 cm³/mol. The SMILES string of the molecule is C[C@@H]1S[C@H](CO)C[C@@H]1CO. The van der Waals surface area contributed by atoms with E-state index in [1.54, 1.807) is 11.8 Å². The van der Waals surface area contributed by atoms with E-state index in [0.29, 0.717) is 16.4 Å². The van der Waals surface area contributed by atoms with Crippen molar-refractivity contribution in [3.63, 3.8) is 0 Å². The molecule has 1 aliphatic rings. The Hall–Kier alpha value is 0.270. The molecule has 0 bridgehead atoms. The Bertz CT molecular complexity index is 108. The van der Waals surface area contributed by atoms with Crippen molar-refractivity contribution < 1.29 is 10.2 Å². The molecule has 1 rings (SSSR count). The number of rotatable bonds is 2. The lowest BCUT2D eigenvalue weighted by Crippen LogP contribution is -2.12. The van der Waals surface area contributed by atoms with Crippen LogP contribution < -0.4 is 0 Å². The third-order valence-electron chi connectivity index (χ3n) is 2.07. The molecule has 0 aromatic rings. The van der Waals surface area contributed by atoms with Crippen LogP contribution in [0, 0.1) is 5.92 Å². The van der Waals surface area contributed by atoms with E-state index in [9.17, 15) is 0 Å². The fourth-order valence-corrected chi connectivity index (χ4v) is 2.81. The van der Waals surface area contributed by atoms with Crippen LogP contribution in [0.15, 0.2) is 0 Å². The smallest absolute Gasteiger partial charge is 0.0550 e. The fraction of sp³-hybridized carbons (Fsp3) is 1.00. The number of aliphatic hydroxyl groups excluding tert-OH is 2. The minimum absolute atomic E-state index is 0.255. The van der Waals surface area contributed by atoms with Crippen LogP contribution in [0.1, 0.15) is 13.3 Å². The lowest BCUT2D eigenvalue weighted by atomic mass is 10.0. The summed E-state index contributed by atoms with van der Waals surface area (Å²) < 4.78 is 0. The van der Waals surface area contributed by atoms with Crippen molar-refractivity contribution in [2.75, 3.05) is 13.2 Å². The van der Waals surface area contributed by atoms with Crippen LogP contribution >= 0.6 is 11.8 Å². The molecule has 0 radical (unpaired) electrons.